The zero-order chi connectivity index (χ0) is 15.9. The molecule has 2 rings (SSSR count). The second kappa shape index (κ2) is 7.79. The van der Waals surface area contributed by atoms with Gasteiger partial charge in [-0.3, -0.25) is 0 Å². The summed E-state index contributed by atoms with van der Waals surface area (Å²) in [5, 5.41) is 5.46. The second-order valence-electron chi connectivity index (χ2n) is 4.64. The Labute approximate surface area is 136 Å². The first-order valence-corrected chi connectivity index (χ1v) is 7.53. The van der Waals surface area contributed by atoms with Gasteiger partial charge in [-0.05, 0) is 55.0 Å². The van der Waals surface area contributed by atoms with E-state index in [1.165, 1.54) is 12.1 Å². The minimum absolute atomic E-state index is 0.298. The van der Waals surface area contributed by atoms with Gasteiger partial charge in [-0.2, -0.15) is 0 Å². The first kappa shape index (κ1) is 16.3. The fraction of sp³-hybridized carbons (Fsp3) is 0.188. The van der Waals surface area contributed by atoms with Gasteiger partial charge in [0.25, 0.3) is 0 Å². The van der Waals surface area contributed by atoms with E-state index in [2.05, 4.69) is 26.6 Å². The molecule has 0 aromatic heterocycles. The fourth-order valence-electron chi connectivity index (χ4n) is 1.80. The standard InChI is InChI=1S/C16H16BrFN2O2/c1-11-10-12(17)2-7-15(11)20-16(21)19-8-9-22-14-5-3-13(18)4-6-14/h2-7,10H,8-9H2,1H3,(H2,19,20,21). The number of carbonyl (C=O) groups is 1. The SMILES string of the molecule is Cc1cc(Br)ccc1NC(=O)NCCOc1ccc(F)cc1. The molecule has 0 aliphatic rings. The number of urea groups is 1. The van der Waals surface area contributed by atoms with Crippen LogP contribution in [0.15, 0.2) is 46.9 Å². The predicted octanol–water partition coefficient (Wildman–Crippen LogP) is 4.10. The highest BCUT2D eigenvalue weighted by Gasteiger charge is 2.04. The molecule has 0 aliphatic carbocycles. The molecule has 4 nitrogen and oxygen atoms in total. The molecule has 0 bridgehead atoms. The highest BCUT2D eigenvalue weighted by molar-refractivity contribution is 9.10. The van der Waals surface area contributed by atoms with Crippen LogP contribution in [0.3, 0.4) is 0 Å². The number of ether oxygens (including phenoxy) is 1. The van der Waals surface area contributed by atoms with Gasteiger partial charge in [0, 0.05) is 10.2 Å². The van der Waals surface area contributed by atoms with Gasteiger partial charge in [-0.15, -0.1) is 0 Å². The molecule has 116 valence electrons. The summed E-state index contributed by atoms with van der Waals surface area (Å²) in [7, 11) is 0. The molecule has 2 amide bonds. The van der Waals surface area contributed by atoms with Crippen LogP contribution >= 0.6 is 15.9 Å². The summed E-state index contributed by atoms with van der Waals surface area (Å²) in [6.07, 6.45) is 0. The van der Waals surface area contributed by atoms with Crippen molar-refractivity contribution in [3.05, 3.63) is 58.3 Å². The summed E-state index contributed by atoms with van der Waals surface area (Å²) in [4.78, 5) is 11.8. The van der Waals surface area contributed by atoms with Gasteiger partial charge in [0.15, 0.2) is 0 Å². The van der Waals surface area contributed by atoms with Crippen molar-refractivity contribution < 1.29 is 13.9 Å². The highest BCUT2D eigenvalue weighted by Crippen LogP contribution is 2.19. The van der Waals surface area contributed by atoms with E-state index >= 15 is 0 Å². The molecular formula is C16H16BrFN2O2. The first-order valence-electron chi connectivity index (χ1n) is 6.74. The Kier molecular flexibility index (Phi) is 5.77. The van der Waals surface area contributed by atoms with Crippen LogP contribution in [-0.4, -0.2) is 19.2 Å². The Morgan fingerprint density at radius 3 is 2.64 bits per heavy atom. The zero-order valence-electron chi connectivity index (χ0n) is 12.0. The number of nitrogens with one attached hydrogen (secondary N) is 2. The lowest BCUT2D eigenvalue weighted by atomic mass is 10.2. The Bertz CT molecular complexity index is 647. The van der Waals surface area contributed by atoms with Crippen LogP contribution in [0.2, 0.25) is 0 Å². The van der Waals surface area contributed by atoms with Gasteiger partial charge in [-0.1, -0.05) is 15.9 Å². The van der Waals surface area contributed by atoms with Crippen LogP contribution in [-0.2, 0) is 0 Å². The lowest BCUT2D eigenvalue weighted by Gasteiger charge is -2.11. The molecule has 0 atom stereocenters. The average Bonchev–Trinajstić information content (AvgIpc) is 2.48. The van der Waals surface area contributed by atoms with E-state index in [1.54, 1.807) is 12.1 Å². The molecule has 0 aliphatic heterocycles. The number of hydrogen-bond acceptors (Lipinski definition) is 2. The molecular weight excluding hydrogens is 351 g/mol. The lowest BCUT2D eigenvalue weighted by molar-refractivity contribution is 0.247. The maximum absolute atomic E-state index is 12.7. The third-order valence-electron chi connectivity index (χ3n) is 2.91. The van der Waals surface area contributed by atoms with Crippen molar-refractivity contribution in [1.29, 1.82) is 0 Å². The highest BCUT2D eigenvalue weighted by atomic mass is 79.9. The molecule has 2 aromatic rings. The van der Waals surface area contributed by atoms with E-state index in [0.717, 1.165) is 15.7 Å². The van der Waals surface area contributed by atoms with Crippen molar-refractivity contribution in [2.24, 2.45) is 0 Å². The van der Waals surface area contributed by atoms with E-state index in [-0.39, 0.29) is 11.8 Å². The van der Waals surface area contributed by atoms with E-state index in [0.29, 0.717) is 18.9 Å². The number of rotatable bonds is 5. The van der Waals surface area contributed by atoms with E-state index < -0.39 is 0 Å². The zero-order valence-corrected chi connectivity index (χ0v) is 13.6. The summed E-state index contributed by atoms with van der Waals surface area (Å²) < 4.78 is 19.1. The normalized spacial score (nSPS) is 10.1. The molecule has 0 fully saturated rings. The Morgan fingerprint density at radius 2 is 1.95 bits per heavy atom. The van der Waals surface area contributed by atoms with Gasteiger partial charge in [0.05, 0.1) is 6.54 Å². The van der Waals surface area contributed by atoms with Crippen molar-refractivity contribution in [3.8, 4) is 5.75 Å². The van der Waals surface area contributed by atoms with E-state index in [9.17, 15) is 9.18 Å². The molecule has 0 saturated carbocycles. The minimum Gasteiger partial charge on any atom is -0.492 e. The van der Waals surface area contributed by atoms with Crippen molar-refractivity contribution >= 4 is 27.6 Å². The number of carbonyl (C=O) groups excluding carboxylic acids is 1. The summed E-state index contributed by atoms with van der Waals surface area (Å²) in [6.45, 7) is 2.56. The third-order valence-corrected chi connectivity index (χ3v) is 3.40. The topological polar surface area (TPSA) is 50.4 Å². The summed E-state index contributed by atoms with van der Waals surface area (Å²) in [5.74, 6) is 0.252. The number of benzene rings is 2. The maximum Gasteiger partial charge on any atom is 0.319 e. The summed E-state index contributed by atoms with van der Waals surface area (Å²) in [6, 6.07) is 11.0. The van der Waals surface area contributed by atoms with Gasteiger partial charge < -0.3 is 15.4 Å². The molecule has 0 saturated heterocycles. The van der Waals surface area contributed by atoms with Crippen molar-refractivity contribution in [3.63, 3.8) is 0 Å². The number of halogens is 2. The van der Waals surface area contributed by atoms with Crippen LogP contribution in [0.5, 0.6) is 5.75 Å². The molecule has 0 spiro atoms. The van der Waals surface area contributed by atoms with Crippen LogP contribution in [0, 0.1) is 12.7 Å². The van der Waals surface area contributed by atoms with Crippen LogP contribution < -0.4 is 15.4 Å². The third kappa shape index (κ3) is 5.04. The number of anilines is 1. The molecule has 22 heavy (non-hydrogen) atoms. The van der Waals surface area contributed by atoms with E-state index in [4.69, 9.17) is 4.74 Å². The monoisotopic (exact) mass is 366 g/mol. The molecule has 6 heteroatoms. The lowest BCUT2D eigenvalue weighted by Crippen LogP contribution is -2.32. The predicted molar refractivity (Wildman–Crippen MR) is 87.8 cm³/mol. The molecule has 0 heterocycles. The summed E-state index contributed by atoms with van der Waals surface area (Å²) in [5.41, 5.74) is 1.72. The van der Waals surface area contributed by atoms with Crippen LogP contribution in [0.25, 0.3) is 0 Å². The van der Waals surface area contributed by atoms with Gasteiger partial charge in [0.2, 0.25) is 0 Å². The van der Waals surface area contributed by atoms with Gasteiger partial charge in [0.1, 0.15) is 18.2 Å². The van der Waals surface area contributed by atoms with Crippen molar-refractivity contribution in [2.75, 3.05) is 18.5 Å². The van der Waals surface area contributed by atoms with Gasteiger partial charge >= 0.3 is 6.03 Å². The number of amides is 2. The molecule has 0 unspecified atom stereocenters. The second-order valence-corrected chi connectivity index (χ2v) is 5.56. The minimum atomic E-state index is -0.310. The molecule has 2 N–H and O–H groups in total. The Balaban J connectivity index is 1.72. The molecule has 0 radical (unpaired) electrons. The first-order chi connectivity index (χ1) is 10.5. The maximum atomic E-state index is 12.7. The van der Waals surface area contributed by atoms with E-state index in [1.807, 2.05) is 25.1 Å². The largest absolute Gasteiger partial charge is 0.492 e. The average molecular weight is 367 g/mol. The fourth-order valence-corrected chi connectivity index (χ4v) is 2.27. The quantitative estimate of drug-likeness (QED) is 0.782. The molecule has 2 aromatic carbocycles. The van der Waals surface area contributed by atoms with Crippen LogP contribution in [0.4, 0.5) is 14.9 Å². The van der Waals surface area contributed by atoms with Gasteiger partial charge in [-0.25, -0.2) is 9.18 Å². The smallest absolute Gasteiger partial charge is 0.319 e. The summed E-state index contributed by atoms with van der Waals surface area (Å²) >= 11 is 3.37. The number of hydrogen-bond donors (Lipinski definition) is 2. The Morgan fingerprint density at radius 1 is 1.23 bits per heavy atom. The van der Waals surface area contributed by atoms with Crippen molar-refractivity contribution in [1.82, 2.24) is 5.32 Å². The van der Waals surface area contributed by atoms with Crippen LogP contribution in [0.1, 0.15) is 5.56 Å². The Hall–Kier alpha value is -2.08. The number of aryl methyl sites for hydroxylation is 1. The van der Waals surface area contributed by atoms with Crippen molar-refractivity contribution in [2.45, 2.75) is 6.92 Å².